The molecule has 7 nitrogen and oxygen atoms in total. The van der Waals surface area contributed by atoms with E-state index in [1.165, 1.54) is 0 Å². The van der Waals surface area contributed by atoms with Crippen LogP contribution in [-0.4, -0.2) is 96.8 Å². The molecule has 23 heavy (non-hydrogen) atoms. The van der Waals surface area contributed by atoms with Crippen LogP contribution in [0.25, 0.3) is 0 Å². The van der Waals surface area contributed by atoms with Crippen LogP contribution < -0.4 is 0 Å². The maximum absolute atomic E-state index is 12.9. The van der Waals surface area contributed by atoms with Crippen molar-refractivity contribution in [3.8, 4) is 0 Å². The molecule has 3 fully saturated rings. The predicted octanol–water partition coefficient (Wildman–Crippen LogP) is -0.850. The highest BCUT2D eigenvalue weighted by atomic mass is 16.5. The largest absolute Gasteiger partial charge is 0.395 e. The van der Waals surface area contributed by atoms with E-state index in [1.54, 1.807) is 4.90 Å². The number of rotatable bonds is 3. The number of nitrogens with zero attached hydrogens (tertiary/aromatic N) is 3. The van der Waals surface area contributed by atoms with Crippen molar-refractivity contribution in [1.29, 1.82) is 0 Å². The number of carbonyl (C=O) groups excluding carboxylic acids is 2. The van der Waals surface area contributed by atoms with Gasteiger partial charge in [0.25, 0.3) is 0 Å². The third-order valence-corrected chi connectivity index (χ3v) is 5.67. The number of carbonyl (C=O) groups is 2. The summed E-state index contributed by atoms with van der Waals surface area (Å²) in [5.74, 6) is 0.279. The lowest BCUT2D eigenvalue weighted by atomic mass is 9.82. The average molecular weight is 325 g/mol. The highest BCUT2D eigenvalue weighted by Crippen LogP contribution is 2.33. The standard InChI is InChI=1S/C16H27N3O4/c1-17-7-8-19(9-10-20)15(22)16(17)3-5-18(6-4-16)14(21)13-2-11-23-12-13/h13,20H,2-12H2,1H3/t13-/m1/s1. The second-order valence-corrected chi connectivity index (χ2v) is 6.85. The minimum atomic E-state index is -0.504. The van der Waals surface area contributed by atoms with Gasteiger partial charge >= 0.3 is 0 Å². The van der Waals surface area contributed by atoms with Gasteiger partial charge in [-0.15, -0.1) is 0 Å². The van der Waals surface area contributed by atoms with Gasteiger partial charge in [0.1, 0.15) is 5.54 Å². The summed E-state index contributed by atoms with van der Waals surface area (Å²) in [5.41, 5.74) is -0.504. The Bertz CT molecular complexity index is 456. The number of β-amino-alcohol motifs (C(OH)–C–C–N with tert-alkyl or cyclic N) is 1. The van der Waals surface area contributed by atoms with Crippen molar-refractivity contribution < 1.29 is 19.4 Å². The first-order chi connectivity index (χ1) is 11.1. The number of ether oxygens (including phenoxy) is 1. The molecule has 3 aliphatic rings. The molecule has 0 saturated carbocycles. The lowest BCUT2D eigenvalue weighted by Gasteiger charge is -2.51. The van der Waals surface area contributed by atoms with Crippen molar-refractivity contribution in [1.82, 2.24) is 14.7 Å². The maximum atomic E-state index is 12.9. The smallest absolute Gasteiger partial charge is 0.243 e. The third-order valence-electron chi connectivity index (χ3n) is 5.67. The third kappa shape index (κ3) is 2.97. The predicted molar refractivity (Wildman–Crippen MR) is 83.8 cm³/mol. The SMILES string of the molecule is CN1CCN(CCO)C(=O)C12CCN(C(=O)[C@@H]1CCOC1)CC2. The Morgan fingerprint density at radius 1 is 1.30 bits per heavy atom. The van der Waals surface area contributed by atoms with E-state index >= 15 is 0 Å². The van der Waals surface area contributed by atoms with Crippen molar-refractivity contribution in [2.75, 3.05) is 59.6 Å². The number of likely N-dealkylation sites (tertiary alicyclic amines) is 1. The first kappa shape index (κ1) is 16.7. The van der Waals surface area contributed by atoms with Gasteiger partial charge in [0.15, 0.2) is 0 Å². The molecule has 0 aromatic heterocycles. The number of piperidine rings is 1. The zero-order valence-corrected chi connectivity index (χ0v) is 13.9. The van der Waals surface area contributed by atoms with Crippen LogP contribution in [0.2, 0.25) is 0 Å². The topological polar surface area (TPSA) is 73.3 Å². The van der Waals surface area contributed by atoms with Gasteiger partial charge in [-0.3, -0.25) is 14.5 Å². The quantitative estimate of drug-likeness (QED) is 0.732. The number of piperazine rings is 1. The lowest BCUT2D eigenvalue weighted by Crippen LogP contribution is -2.68. The fourth-order valence-corrected chi connectivity index (χ4v) is 4.06. The molecule has 0 bridgehead atoms. The average Bonchev–Trinajstić information content (AvgIpc) is 3.10. The van der Waals surface area contributed by atoms with E-state index in [4.69, 9.17) is 9.84 Å². The molecule has 0 aromatic rings. The summed E-state index contributed by atoms with van der Waals surface area (Å²) in [6, 6.07) is 0. The molecule has 1 atom stereocenters. The van der Waals surface area contributed by atoms with Crippen molar-refractivity contribution in [2.45, 2.75) is 24.8 Å². The highest BCUT2D eigenvalue weighted by molar-refractivity contribution is 5.88. The van der Waals surface area contributed by atoms with Crippen LogP contribution in [0.5, 0.6) is 0 Å². The molecule has 1 N–H and O–H groups in total. The van der Waals surface area contributed by atoms with E-state index in [0.29, 0.717) is 52.2 Å². The van der Waals surface area contributed by atoms with Crippen LogP contribution in [0.1, 0.15) is 19.3 Å². The number of likely N-dealkylation sites (N-methyl/N-ethyl adjacent to an activating group) is 1. The fourth-order valence-electron chi connectivity index (χ4n) is 4.06. The van der Waals surface area contributed by atoms with Crippen molar-refractivity contribution in [3.63, 3.8) is 0 Å². The number of hydrogen-bond acceptors (Lipinski definition) is 5. The van der Waals surface area contributed by atoms with Crippen molar-refractivity contribution >= 4 is 11.8 Å². The molecule has 3 heterocycles. The minimum Gasteiger partial charge on any atom is -0.395 e. The van der Waals surface area contributed by atoms with E-state index in [9.17, 15) is 9.59 Å². The number of amides is 2. The van der Waals surface area contributed by atoms with Gasteiger partial charge in [-0.2, -0.15) is 0 Å². The van der Waals surface area contributed by atoms with Crippen LogP contribution in [0.15, 0.2) is 0 Å². The van der Waals surface area contributed by atoms with Gasteiger partial charge in [0.2, 0.25) is 11.8 Å². The van der Waals surface area contributed by atoms with E-state index in [1.807, 2.05) is 11.9 Å². The van der Waals surface area contributed by atoms with Crippen molar-refractivity contribution in [3.05, 3.63) is 0 Å². The molecule has 0 aromatic carbocycles. The second-order valence-electron chi connectivity index (χ2n) is 6.85. The van der Waals surface area contributed by atoms with Crippen LogP contribution in [0.3, 0.4) is 0 Å². The molecular formula is C16H27N3O4. The normalized spacial score (nSPS) is 28.6. The molecule has 3 rings (SSSR count). The van der Waals surface area contributed by atoms with Gasteiger partial charge in [-0.05, 0) is 26.3 Å². The summed E-state index contributed by atoms with van der Waals surface area (Å²) in [5, 5.41) is 9.15. The van der Waals surface area contributed by atoms with Crippen LogP contribution in [0, 0.1) is 5.92 Å². The van der Waals surface area contributed by atoms with E-state index in [0.717, 1.165) is 13.0 Å². The van der Waals surface area contributed by atoms with E-state index in [2.05, 4.69) is 4.90 Å². The number of aliphatic hydroxyl groups excluding tert-OH is 1. The molecule has 3 aliphatic heterocycles. The van der Waals surface area contributed by atoms with Gasteiger partial charge < -0.3 is 19.6 Å². The summed E-state index contributed by atoms with van der Waals surface area (Å²) < 4.78 is 5.31. The first-order valence-electron chi connectivity index (χ1n) is 8.56. The summed E-state index contributed by atoms with van der Waals surface area (Å²) in [4.78, 5) is 31.2. The minimum absolute atomic E-state index is 0.00216. The fraction of sp³-hybridized carbons (Fsp3) is 0.875. The molecule has 130 valence electrons. The number of hydrogen-bond donors (Lipinski definition) is 1. The Labute approximate surface area is 137 Å². The Balaban J connectivity index is 1.65. The first-order valence-corrected chi connectivity index (χ1v) is 8.56. The van der Waals surface area contributed by atoms with Gasteiger partial charge in [0.05, 0.1) is 19.1 Å². The highest BCUT2D eigenvalue weighted by Gasteiger charge is 2.49. The Morgan fingerprint density at radius 2 is 2.04 bits per heavy atom. The molecule has 0 aliphatic carbocycles. The second kappa shape index (κ2) is 6.75. The molecule has 0 unspecified atom stereocenters. The van der Waals surface area contributed by atoms with Crippen LogP contribution in [-0.2, 0) is 14.3 Å². The molecule has 7 heteroatoms. The molecular weight excluding hydrogens is 298 g/mol. The van der Waals surface area contributed by atoms with E-state index in [-0.39, 0.29) is 24.3 Å². The van der Waals surface area contributed by atoms with Gasteiger partial charge in [-0.1, -0.05) is 0 Å². The lowest BCUT2D eigenvalue weighted by molar-refractivity contribution is -0.157. The molecule has 2 amide bonds. The van der Waals surface area contributed by atoms with Crippen LogP contribution >= 0.6 is 0 Å². The van der Waals surface area contributed by atoms with E-state index < -0.39 is 5.54 Å². The zero-order chi connectivity index (χ0) is 16.4. The Morgan fingerprint density at radius 3 is 2.65 bits per heavy atom. The molecule has 1 spiro atoms. The summed E-state index contributed by atoms with van der Waals surface area (Å²) >= 11 is 0. The summed E-state index contributed by atoms with van der Waals surface area (Å²) in [7, 11) is 2.00. The van der Waals surface area contributed by atoms with Crippen molar-refractivity contribution in [2.24, 2.45) is 5.92 Å². The zero-order valence-electron chi connectivity index (χ0n) is 13.9. The van der Waals surface area contributed by atoms with Gasteiger partial charge in [0, 0.05) is 39.3 Å². The Hall–Kier alpha value is -1.18. The monoisotopic (exact) mass is 325 g/mol. The Kier molecular flexibility index (Phi) is 4.89. The molecule has 0 radical (unpaired) electrons. The summed E-state index contributed by atoms with van der Waals surface area (Å²) in [6.07, 6.45) is 2.15. The number of aliphatic hydroxyl groups is 1. The summed E-state index contributed by atoms with van der Waals surface area (Å²) in [6.45, 7) is 4.33. The maximum Gasteiger partial charge on any atom is 0.243 e. The van der Waals surface area contributed by atoms with Gasteiger partial charge in [-0.25, -0.2) is 0 Å². The molecule has 3 saturated heterocycles. The van der Waals surface area contributed by atoms with Crippen LogP contribution in [0.4, 0.5) is 0 Å².